The van der Waals surface area contributed by atoms with E-state index in [1.807, 2.05) is 37.3 Å². The van der Waals surface area contributed by atoms with Crippen molar-refractivity contribution in [2.24, 2.45) is 5.73 Å². The van der Waals surface area contributed by atoms with Gasteiger partial charge in [0.2, 0.25) is 5.82 Å². The van der Waals surface area contributed by atoms with Gasteiger partial charge >= 0.3 is 0 Å². The number of aromatic nitrogens is 3. The van der Waals surface area contributed by atoms with Gasteiger partial charge < -0.3 is 19.9 Å². The van der Waals surface area contributed by atoms with E-state index < -0.39 is 18.4 Å². The van der Waals surface area contributed by atoms with Gasteiger partial charge in [-0.3, -0.25) is 4.79 Å². The van der Waals surface area contributed by atoms with Gasteiger partial charge in [0, 0.05) is 5.56 Å². The van der Waals surface area contributed by atoms with E-state index in [4.69, 9.17) is 19.9 Å². The molecule has 2 N–H and O–H groups in total. The first-order valence-corrected chi connectivity index (χ1v) is 7.89. The molecule has 2 aliphatic rings. The molecule has 3 unspecified atom stereocenters. The number of primary amides is 1. The summed E-state index contributed by atoms with van der Waals surface area (Å²) in [5.74, 6) is -0.727. The minimum absolute atomic E-state index is 0.0476. The summed E-state index contributed by atoms with van der Waals surface area (Å²) in [5.41, 5.74) is 6.17. The van der Waals surface area contributed by atoms with Crippen molar-refractivity contribution in [3.8, 4) is 0 Å². The van der Waals surface area contributed by atoms with Gasteiger partial charge in [0.05, 0.1) is 6.10 Å². The summed E-state index contributed by atoms with van der Waals surface area (Å²) in [4.78, 5) is 15.1. The average molecular weight is 330 g/mol. The number of hydrogen-bond acceptors (Lipinski definition) is 6. The van der Waals surface area contributed by atoms with E-state index in [0.29, 0.717) is 0 Å². The Morgan fingerprint density at radius 1 is 1.21 bits per heavy atom. The minimum atomic E-state index is -0.680. The molecule has 1 amide bonds. The number of nitrogens with two attached hydrogens (primary N) is 1. The van der Waals surface area contributed by atoms with Crippen molar-refractivity contribution in [1.29, 1.82) is 0 Å². The minimum Gasteiger partial charge on any atom is -0.363 e. The Balaban J connectivity index is 1.59. The number of hydrogen-bond donors (Lipinski definition) is 1. The Hall–Kier alpha value is -2.29. The second-order valence-electron chi connectivity index (χ2n) is 5.83. The first-order valence-electron chi connectivity index (χ1n) is 7.89. The van der Waals surface area contributed by atoms with E-state index in [9.17, 15) is 4.79 Å². The molecular formula is C16H18N4O4. The molecule has 1 aromatic carbocycles. The lowest BCUT2D eigenvalue weighted by atomic mass is 10.1. The van der Waals surface area contributed by atoms with Gasteiger partial charge in [0.25, 0.3) is 5.91 Å². The van der Waals surface area contributed by atoms with Crippen molar-refractivity contribution in [3.05, 3.63) is 48.0 Å². The zero-order valence-corrected chi connectivity index (χ0v) is 13.1. The molecule has 24 heavy (non-hydrogen) atoms. The van der Waals surface area contributed by atoms with Crippen LogP contribution in [-0.4, -0.2) is 39.0 Å². The van der Waals surface area contributed by atoms with Crippen LogP contribution in [0.5, 0.6) is 0 Å². The lowest BCUT2D eigenvalue weighted by molar-refractivity contribution is -0.150. The van der Waals surface area contributed by atoms with Crippen LogP contribution in [-0.2, 0) is 14.2 Å². The maximum atomic E-state index is 11.2. The molecule has 2 aromatic rings. The van der Waals surface area contributed by atoms with Crippen LogP contribution in [0.1, 0.15) is 42.0 Å². The fourth-order valence-corrected chi connectivity index (χ4v) is 3.15. The summed E-state index contributed by atoms with van der Waals surface area (Å²) in [5, 5.41) is 4.09. The number of benzene rings is 1. The number of amides is 1. The van der Waals surface area contributed by atoms with Gasteiger partial charge in [-0.2, -0.15) is 0 Å². The van der Waals surface area contributed by atoms with Crippen LogP contribution in [0.15, 0.2) is 36.7 Å². The van der Waals surface area contributed by atoms with Crippen molar-refractivity contribution < 1.29 is 19.0 Å². The standard InChI is InChI=1S/C16H18N4O4/c1-2-10-11-12(24-16(23-11)9-6-4-3-5-7-9)15(22-10)20-8-18-14(19-20)13(17)21/h3-8,10-12,15-16H,2H2,1H3,(H2,17,21)/t10-,11?,12?,15-,16?/m1/s1. The molecule has 2 aliphatic heterocycles. The second-order valence-corrected chi connectivity index (χ2v) is 5.83. The zero-order chi connectivity index (χ0) is 16.7. The molecule has 126 valence electrons. The predicted molar refractivity (Wildman–Crippen MR) is 81.7 cm³/mol. The van der Waals surface area contributed by atoms with Gasteiger partial charge in [-0.15, -0.1) is 5.10 Å². The SMILES string of the molecule is CC[C@H]1O[C@@H](n2cnc(C(N)=O)n2)C2OC(c3ccccc3)OC21. The Morgan fingerprint density at radius 3 is 2.62 bits per heavy atom. The molecule has 0 aliphatic carbocycles. The number of carbonyl (C=O) groups excluding carboxylic acids is 1. The van der Waals surface area contributed by atoms with Crippen LogP contribution in [0.2, 0.25) is 0 Å². The summed E-state index contributed by atoms with van der Waals surface area (Å²) in [7, 11) is 0. The molecule has 8 nitrogen and oxygen atoms in total. The van der Waals surface area contributed by atoms with Gasteiger partial charge in [-0.1, -0.05) is 37.3 Å². The largest absolute Gasteiger partial charge is 0.363 e. The highest BCUT2D eigenvalue weighted by molar-refractivity contribution is 5.88. The van der Waals surface area contributed by atoms with Crippen molar-refractivity contribution in [2.75, 3.05) is 0 Å². The van der Waals surface area contributed by atoms with Gasteiger partial charge in [-0.25, -0.2) is 9.67 Å². The topological polar surface area (TPSA) is 101 Å². The lowest BCUT2D eigenvalue weighted by Gasteiger charge is -2.19. The van der Waals surface area contributed by atoms with E-state index in [1.165, 1.54) is 11.0 Å². The molecule has 2 fully saturated rings. The maximum Gasteiger partial charge on any atom is 0.288 e. The average Bonchev–Trinajstić information content (AvgIpc) is 3.30. The Morgan fingerprint density at radius 2 is 1.96 bits per heavy atom. The number of ether oxygens (including phenoxy) is 3. The summed E-state index contributed by atoms with van der Waals surface area (Å²) in [6.07, 6.45) is 0.609. The highest BCUT2D eigenvalue weighted by Crippen LogP contribution is 2.44. The first-order chi connectivity index (χ1) is 11.7. The molecule has 4 rings (SSSR count). The first kappa shape index (κ1) is 15.3. The molecule has 0 radical (unpaired) electrons. The Bertz CT molecular complexity index is 735. The number of fused-ring (bicyclic) bond motifs is 1. The highest BCUT2D eigenvalue weighted by Gasteiger charge is 2.53. The van der Waals surface area contributed by atoms with E-state index in [-0.39, 0.29) is 24.1 Å². The fraction of sp³-hybridized carbons (Fsp3) is 0.438. The lowest BCUT2D eigenvalue weighted by Crippen LogP contribution is -2.28. The molecule has 2 saturated heterocycles. The molecule has 0 saturated carbocycles. The summed E-state index contributed by atoms with van der Waals surface area (Å²) in [6, 6.07) is 9.75. The normalized spacial score (nSPS) is 32.0. The van der Waals surface area contributed by atoms with E-state index in [0.717, 1.165) is 12.0 Å². The van der Waals surface area contributed by atoms with Crippen molar-refractivity contribution in [1.82, 2.24) is 14.8 Å². The molecular weight excluding hydrogens is 312 g/mol. The van der Waals surface area contributed by atoms with Crippen LogP contribution in [0.3, 0.4) is 0 Å². The smallest absolute Gasteiger partial charge is 0.288 e. The maximum absolute atomic E-state index is 11.2. The number of rotatable bonds is 4. The van der Waals surface area contributed by atoms with E-state index in [2.05, 4.69) is 10.1 Å². The third kappa shape index (κ3) is 2.48. The third-order valence-corrected chi connectivity index (χ3v) is 4.31. The second kappa shape index (κ2) is 5.97. The van der Waals surface area contributed by atoms with Crippen LogP contribution < -0.4 is 5.73 Å². The van der Waals surface area contributed by atoms with Crippen LogP contribution in [0, 0.1) is 0 Å². The fourth-order valence-electron chi connectivity index (χ4n) is 3.15. The Kier molecular flexibility index (Phi) is 3.79. The quantitative estimate of drug-likeness (QED) is 0.903. The van der Waals surface area contributed by atoms with Crippen molar-refractivity contribution in [2.45, 2.75) is 44.2 Å². The van der Waals surface area contributed by atoms with Crippen LogP contribution in [0.25, 0.3) is 0 Å². The zero-order valence-electron chi connectivity index (χ0n) is 13.1. The number of carbonyl (C=O) groups is 1. The molecule has 0 bridgehead atoms. The number of nitrogens with zero attached hydrogens (tertiary/aromatic N) is 3. The highest BCUT2D eigenvalue weighted by atomic mass is 16.8. The summed E-state index contributed by atoms with van der Waals surface area (Å²) >= 11 is 0. The molecule has 8 heteroatoms. The molecule has 3 heterocycles. The molecule has 0 spiro atoms. The van der Waals surface area contributed by atoms with Crippen molar-refractivity contribution >= 4 is 5.91 Å². The summed E-state index contributed by atoms with van der Waals surface area (Å²) in [6.45, 7) is 2.03. The molecule has 1 aromatic heterocycles. The van der Waals surface area contributed by atoms with Gasteiger partial charge in [0.1, 0.15) is 18.5 Å². The van der Waals surface area contributed by atoms with Gasteiger partial charge in [0.15, 0.2) is 12.5 Å². The van der Waals surface area contributed by atoms with Crippen LogP contribution >= 0.6 is 0 Å². The van der Waals surface area contributed by atoms with Crippen molar-refractivity contribution in [3.63, 3.8) is 0 Å². The monoisotopic (exact) mass is 330 g/mol. The summed E-state index contributed by atoms with van der Waals surface area (Å²) < 4.78 is 19.6. The van der Waals surface area contributed by atoms with Crippen LogP contribution in [0.4, 0.5) is 0 Å². The van der Waals surface area contributed by atoms with Gasteiger partial charge in [-0.05, 0) is 6.42 Å². The predicted octanol–water partition coefficient (Wildman–Crippen LogP) is 1.17. The molecule has 5 atom stereocenters. The van der Waals surface area contributed by atoms with E-state index in [1.54, 1.807) is 0 Å². The van der Waals surface area contributed by atoms with E-state index >= 15 is 0 Å². The Labute approximate surface area is 138 Å². The third-order valence-electron chi connectivity index (χ3n) is 4.31.